The molecule has 0 aromatic heterocycles. The van der Waals surface area contributed by atoms with Crippen LogP contribution in [0, 0.1) is 0 Å². The zero-order chi connectivity index (χ0) is 20.7. The van der Waals surface area contributed by atoms with E-state index in [1.807, 2.05) is 0 Å². The van der Waals surface area contributed by atoms with E-state index in [0.717, 1.165) is 6.42 Å². The molecule has 7 heteroatoms. The molecule has 0 aliphatic carbocycles. The van der Waals surface area contributed by atoms with Gasteiger partial charge in [0.05, 0.1) is 23.4 Å². The number of rotatable bonds is 22. The van der Waals surface area contributed by atoms with Gasteiger partial charge in [-0.2, -0.15) is 0 Å². The van der Waals surface area contributed by atoms with E-state index < -0.39 is 8.60 Å². The van der Waals surface area contributed by atoms with E-state index in [1.165, 1.54) is 77.0 Å². The minimum Gasteiger partial charge on any atom is -0.500 e. The van der Waals surface area contributed by atoms with Crippen molar-refractivity contribution in [2.45, 2.75) is 94.3 Å². The highest BCUT2D eigenvalue weighted by molar-refractivity contribution is 14.1. The number of allylic oxidation sites excluding steroid dienone is 1. The highest BCUT2D eigenvalue weighted by atomic mass is 127. The molecule has 0 aliphatic rings. The Bertz CT molecular complexity index is 338. The standard InChI is InChI=1S/C21H43INO4P/c1-2-3-4-5-6-7-8-9-10-11-12-13-14-15-17-25-19-21(22)20-27-28(24)26-18-16-23/h15,17,21,24H,2-14,16,18-20,23H2,1H3/b17-15+. The van der Waals surface area contributed by atoms with Crippen molar-refractivity contribution in [3.05, 3.63) is 12.3 Å². The predicted octanol–water partition coefficient (Wildman–Crippen LogP) is 6.62. The monoisotopic (exact) mass is 531 g/mol. The molecule has 0 spiro atoms. The van der Waals surface area contributed by atoms with Crippen molar-refractivity contribution in [1.82, 2.24) is 0 Å². The molecule has 0 aromatic rings. The summed E-state index contributed by atoms with van der Waals surface area (Å²) in [6, 6.07) is 0. The molecular formula is C21H43INO4P. The van der Waals surface area contributed by atoms with Crippen molar-refractivity contribution in [2.24, 2.45) is 5.73 Å². The summed E-state index contributed by atoms with van der Waals surface area (Å²) in [7, 11) is -1.82. The molecule has 0 heterocycles. The first-order valence-corrected chi connectivity index (χ1v) is 13.4. The third kappa shape index (κ3) is 22.8. The number of alkyl halides is 1. The summed E-state index contributed by atoms with van der Waals surface area (Å²) in [6.45, 7) is 3.93. The van der Waals surface area contributed by atoms with Crippen LogP contribution in [0.25, 0.3) is 0 Å². The molecule has 0 saturated heterocycles. The van der Waals surface area contributed by atoms with Crippen molar-refractivity contribution >= 4 is 31.2 Å². The van der Waals surface area contributed by atoms with E-state index in [0.29, 0.717) is 26.4 Å². The topological polar surface area (TPSA) is 73.9 Å². The lowest BCUT2D eigenvalue weighted by molar-refractivity contribution is 0.183. The lowest BCUT2D eigenvalue weighted by Crippen LogP contribution is -2.13. The maximum absolute atomic E-state index is 9.45. The molecule has 2 atom stereocenters. The van der Waals surface area contributed by atoms with E-state index >= 15 is 0 Å². The molecule has 0 saturated carbocycles. The minimum atomic E-state index is -1.82. The van der Waals surface area contributed by atoms with Crippen LogP contribution in [-0.4, -0.2) is 35.2 Å². The van der Waals surface area contributed by atoms with E-state index in [1.54, 1.807) is 6.26 Å². The first kappa shape index (κ1) is 28.5. The Morgan fingerprint density at radius 2 is 1.46 bits per heavy atom. The Labute approximate surface area is 188 Å². The summed E-state index contributed by atoms with van der Waals surface area (Å²) in [5.41, 5.74) is 5.30. The van der Waals surface area contributed by atoms with Gasteiger partial charge in [-0.3, -0.25) is 0 Å². The Morgan fingerprint density at radius 1 is 0.893 bits per heavy atom. The third-order valence-corrected chi connectivity index (χ3v) is 5.87. The van der Waals surface area contributed by atoms with Crippen LogP contribution in [0.2, 0.25) is 0 Å². The number of ether oxygens (including phenoxy) is 1. The Hall–Kier alpha value is 0.540. The summed E-state index contributed by atoms with van der Waals surface area (Å²) in [5, 5.41) is 0. The molecule has 3 N–H and O–H groups in total. The quantitative estimate of drug-likeness (QED) is 0.0540. The van der Waals surface area contributed by atoms with Gasteiger partial charge in [-0.05, 0) is 18.9 Å². The van der Waals surface area contributed by atoms with Crippen LogP contribution in [-0.2, 0) is 13.8 Å². The zero-order valence-electron chi connectivity index (χ0n) is 17.8. The van der Waals surface area contributed by atoms with Crippen molar-refractivity contribution in [2.75, 3.05) is 26.4 Å². The Balaban J connectivity index is 3.27. The summed E-state index contributed by atoms with van der Waals surface area (Å²) in [5.74, 6) is 0. The van der Waals surface area contributed by atoms with Crippen LogP contribution in [0.15, 0.2) is 12.3 Å². The van der Waals surface area contributed by atoms with Crippen molar-refractivity contribution < 1.29 is 18.7 Å². The van der Waals surface area contributed by atoms with Crippen molar-refractivity contribution in [3.8, 4) is 0 Å². The molecule has 0 radical (unpaired) electrons. The van der Waals surface area contributed by atoms with Gasteiger partial charge in [0.25, 0.3) is 0 Å². The van der Waals surface area contributed by atoms with Gasteiger partial charge in [0.2, 0.25) is 0 Å². The van der Waals surface area contributed by atoms with E-state index in [2.05, 4.69) is 35.6 Å². The molecular weight excluding hydrogens is 488 g/mol. The molecule has 0 rings (SSSR count). The van der Waals surface area contributed by atoms with Gasteiger partial charge >= 0.3 is 8.60 Å². The fraction of sp³-hybridized carbons (Fsp3) is 0.905. The fourth-order valence-electron chi connectivity index (χ4n) is 2.76. The fourth-order valence-corrected chi connectivity index (χ4v) is 4.08. The molecule has 0 aliphatic heterocycles. The van der Waals surface area contributed by atoms with Crippen LogP contribution in [0.5, 0.6) is 0 Å². The third-order valence-electron chi connectivity index (χ3n) is 4.38. The summed E-state index contributed by atoms with van der Waals surface area (Å²) in [4.78, 5) is 9.45. The number of unbranched alkanes of at least 4 members (excludes halogenated alkanes) is 12. The molecule has 2 unspecified atom stereocenters. The molecule has 0 fully saturated rings. The van der Waals surface area contributed by atoms with Crippen LogP contribution < -0.4 is 5.73 Å². The van der Waals surface area contributed by atoms with Gasteiger partial charge < -0.3 is 24.4 Å². The number of hydrogen-bond acceptors (Lipinski definition) is 5. The zero-order valence-corrected chi connectivity index (χ0v) is 20.9. The number of halogens is 1. The Morgan fingerprint density at radius 3 is 2.04 bits per heavy atom. The smallest absolute Gasteiger partial charge is 0.329 e. The summed E-state index contributed by atoms with van der Waals surface area (Å²) >= 11 is 2.25. The highest BCUT2D eigenvalue weighted by Gasteiger charge is 2.10. The van der Waals surface area contributed by atoms with E-state index in [4.69, 9.17) is 19.5 Å². The molecule has 168 valence electrons. The second kappa shape index (κ2) is 23.8. The van der Waals surface area contributed by atoms with Crippen LogP contribution in [0.3, 0.4) is 0 Å². The SMILES string of the molecule is CCCCCCCCCCCCCC/C=C/OCC(I)COP(O)OCCN. The van der Waals surface area contributed by atoms with Gasteiger partial charge in [0.1, 0.15) is 6.61 Å². The maximum Gasteiger partial charge on any atom is 0.329 e. The molecule has 28 heavy (non-hydrogen) atoms. The van der Waals surface area contributed by atoms with Crippen molar-refractivity contribution in [1.29, 1.82) is 0 Å². The minimum absolute atomic E-state index is 0.174. The normalized spacial score (nSPS) is 13.9. The van der Waals surface area contributed by atoms with E-state index in [9.17, 15) is 4.89 Å². The largest absolute Gasteiger partial charge is 0.500 e. The Kier molecular flexibility index (Phi) is 24.3. The average Bonchev–Trinajstić information content (AvgIpc) is 2.70. The summed E-state index contributed by atoms with van der Waals surface area (Å²) < 4.78 is 15.9. The van der Waals surface area contributed by atoms with Crippen molar-refractivity contribution in [3.63, 3.8) is 0 Å². The van der Waals surface area contributed by atoms with E-state index in [-0.39, 0.29) is 3.92 Å². The van der Waals surface area contributed by atoms with Crippen LogP contribution in [0.1, 0.15) is 90.4 Å². The lowest BCUT2D eigenvalue weighted by atomic mass is 10.0. The van der Waals surface area contributed by atoms with Gasteiger partial charge in [-0.25, -0.2) is 0 Å². The molecule has 5 nitrogen and oxygen atoms in total. The average molecular weight is 531 g/mol. The number of hydrogen-bond donors (Lipinski definition) is 2. The molecule has 0 amide bonds. The lowest BCUT2D eigenvalue weighted by Gasteiger charge is -2.13. The van der Waals surface area contributed by atoms with Gasteiger partial charge in [0, 0.05) is 6.54 Å². The van der Waals surface area contributed by atoms with Crippen LogP contribution in [0.4, 0.5) is 0 Å². The predicted molar refractivity (Wildman–Crippen MR) is 129 cm³/mol. The highest BCUT2D eigenvalue weighted by Crippen LogP contribution is 2.32. The number of nitrogens with two attached hydrogens (primary N) is 1. The van der Waals surface area contributed by atoms with Gasteiger partial charge in [0.15, 0.2) is 0 Å². The van der Waals surface area contributed by atoms with Gasteiger partial charge in [-0.1, -0.05) is 100 Å². The van der Waals surface area contributed by atoms with Crippen LogP contribution >= 0.6 is 31.2 Å². The molecule has 0 bridgehead atoms. The first-order chi connectivity index (χ1) is 13.7. The first-order valence-electron chi connectivity index (χ1n) is 11.1. The molecule has 0 aromatic carbocycles. The van der Waals surface area contributed by atoms with Gasteiger partial charge in [-0.15, -0.1) is 0 Å². The second-order valence-corrected chi connectivity index (χ2v) is 9.89. The summed E-state index contributed by atoms with van der Waals surface area (Å²) in [6.07, 6.45) is 21.5. The maximum atomic E-state index is 9.45. The second-order valence-electron chi connectivity index (χ2n) is 7.14.